The first-order valence-electron chi connectivity index (χ1n) is 13.2. The first-order valence-corrected chi connectivity index (χ1v) is 15.6. The van der Waals surface area contributed by atoms with Crippen LogP contribution >= 0.6 is 11.3 Å². The molecule has 0 aliphatic carbocycles. The molecule has 1 aromatic heterocycles. The minimum atomic E-state index is -3.56. The van der Waals surface area contributed by atoms with Gasteiger partial charge in [-0.15, -0.1) is 11.3 Å². The van der Waals surface area contributed by atoms with E-state index >= 15 is 0 Å². The van der Waals surface area contributed by atoms with Crippen LogP contribution in [0.25, 0.3) is 16.5 Å². The third kappa shape index (κ3) is 6.91. The van der Waals surface area contributed by atoms with Gasteiger partial charge in [0.05, 0.1) is 12.2 Å². The SMILES string of the molecule is CC(C)NC(=O)C=Cc1ccc(-c2ccc([C@@]3(CC(=O)NOC4CCCCO4)CCCCS3(=O)=O)s2)cc1. The van der Waals surface area contributed by atoms with Crippen LogP contribution in [0.5, 0.6) is 0 Å². The van der Waals surface area contributed by atoms with Crippen LogP contribution in [0.4, 0.5) is 0 Å². The molecule has 2 N–H and O–H groups in total. The maximum Gasteiger partial charge on any atom is 0.245 e. The van der Waals surface area contributed by atoms with Crippen LogP contribution in [0.3, 0.4) is 0 Å². The van der Waals surface area contributed by atoms with E-state index in [2.05, 4.69) is 10.8 Å². The lowest BCUT2D eigenvalue weighted by Crippen LogP contribution is -2.45. The normalized spacial score (nSPS) is 23.4. The average Bonchev–Trinajstić information content (AvgIpc) is 3.39. The van der Waals surface area contributed by atoms with E-state index in [0.29, 0.717) is 30.7 Å². The molecule has 1 aromatic carbocycles. The molecule has 0 bridgehead atoms. The highest BCUT2D eigenvalue weighted by atomic mass is 32.2. The van der Waals surface area contributed by atoms with Gasteiger partial charge in [-0.1, -0.05) is 30.7 Å². The Labute approximate surface area is 228 Å². The van der Waals surface area contributed by atoms with Crippen molar-refractivity contribution in [2.45, 2.75) is 75.9 Å². The van der Waals surface area contributed by atoms with Gasteiger partial charge in [-0.05, 0) is 68.9 Å². The second kappa shape index (κ2) is 12.5. The van der Waals surface area contributed by atoms with E-state index < -0.39 is 26.8 Å². The third-order valence-corrected chi connectivity index (χ3v) is 10.9. The number of carbonyl (C=O) groups excluding carboxylic acids is 2. The van der Waals surface area contributed by atoms with Crippen molar-refractivity contribution in [2.24, 2.45) is 0 Å². The molecule has 10 heteroatoms. The molecule has 2 atom stereocenters. The van der Waals surface area contributed by atoms with Crippen LogP contribution in [-0.2, 0) is 33.7 Å². The zero-order valence-electron chi connectivity index (χ0n) is 21.9. The summed E-state index contributed by atoms with van der Waals surface area (Å²) in [5.74, 6) is -0.546. The molecule has 2 aliphatic heterocycles. The van der Waals surface area contributed by atoms with Crippen molar-refractivity contribution in [3.63, 3.8) is 0 Å². The van der Waals surface area contributed by atoms with E-state index in [-0.39, 0.29) is 24.1 Å². The van der Waals surface area contributed by atoms with Crippen molar-refractivity contribution in [3.05, 3.63) is 52.9 Å². The van der Waals surface area contributed by atoms with Crippen molar-refractivity contribution < 1.29 is 27.6 Å². The molecule has 1 unspecified atom stereocenters. The number of ether oxygens (including phenoxy) is 1. The number of hydrogen-bond acceptors (Lipinski definition) is 7. The van der Waals surface area contributed by atoms with Gasteiger partial charge in [-0.2, -0.15) is 0 Å². The molecular formula is C28H36N2O6S2. The monoisotopic (exact) mass is 560 g/mol. The summed E-state index contributed by atoms with van der Waals surface area (Å²) >= 11 is 1.41. The predicted octanol–water partition coefficient (Wildman–Crippen LogP) is 4.71. The molecule has 2 saturated heterocycles. The maximum absolute atomic E-state index is 13.5. The lowest BCUT2D eigenvalue weighted by atomic mass is 9.94. The van der Waals surface area contributed by atoms with E-state index in [1.165, 1.54) is 17.4 Å². The zero-order valence-corrected chi connectivity index (χ0v) is 23.5. The number of sulfone groups is 1. The first kappa shape index (κ1) is 28.5. The van der Waals surface area contributed by atoms with Gasteiger partial charge in [0, 0.05) is 34.9 Å². The van der Waals surface area contributed by atoms with E-state index in [4.69, 9.17) is 9.57 Å². The molecule has 8 nitrogen and oxygen atoms in total. The summed E-state index contributed by atoms with van der Waals surface area (Å²) < 4.78 is 31.1. The largest absolute Gasteiger partial charge is 0.350 e. The Kier molecular flexibility index (Phi) is 9.40. The number of hydrogen-bond donors (Lipinski definition) is 2. The first-order chi connectivity index (χ1) is 18.2. The average molecular weight is 561 g/mol. The molecule has 2 fully saturated rings. The predicted molar refractivity (Wildman–Crippen MR) is 149 cm³/mol. The molecule has 0 radical (unpaired) electrons. The molecule has 0 saturated carbocycles. The summed E-state index contributed by atoms with van der Waals surface area (Å²) in [6, 6.07) is 11.6. The number of amides is 2. The Morgan fingerprint density at radius 1 is 1.13 bits per heavy atom. The number of carbonyl (C=O) groups is 2. The van der Waals surface area contributed by atoms with Gasteiger partial charge in [-0.3, -0.25) is 9.59 Å². The van der Waals surface area contributed by atoms with Crippen LogP contribution in [-0.4, -0.2) is 44.9 Å². The van der Waals surface area contributed by atoms with Crippen molar-refractivity contribution >= 4 is 39.1 Å². The summed E-state index contributed by atoms with van der Waals surface area (Å²) in [6.45, 7) is 4.40. The highest BCUT2D eigenvalue weighted by molar-refractivity contribution is 7.92. The Balaban J connectivity index is 1.50. The van der Waals surface area contributed by atoms with Gasteiger partial charge in [0.2, 0.25) is 11.8 Å². The van der Waals surface area contributed by atoms with Gasteiger partial charge >= 0.3 is 0 Å². The fourth-order valence-corrected chi connectivity index (χ4v) is 8.63. The fourth-order valence-electron chi connectivity index (χ4n) is 4.85. The number of thiophene rings is 1. The zero-order chi connectivity index (χ0) is 27.2. The summed E-state index contributed by atoms with van der Waals surface area (Å²) in [5, 5.41) is 2.82. The number of rotatable bonds is 9. The summed E-state index contributed by atoms with van der Waals surface area (Å²) in [4.78, 5) is 31.8. The summed E-state index contributed by atoms with van der Waals surface area (Å²) in [7, 11) is -3.56. The van der Waals surface area contributed by atoms with Gasteiger partial charge in [0.1, 0.15) is 4.75 Å². The Morgan fingerprint density at radius 2 is 1.92 bits per heavy atom. The molecule has 38 heavy (non-hydrogen) atoms. The molecule has 4 rings (SSSR count). The van der Waals surface area contributed by atoms with Crippen molar-refractivity contribution in [1.82, 2.24) is 10.8 Å². The van der Waals surface area contributed by atoms with Crippen molar-refractivity contribution in [2.75, 3.05) is 12.4 Å². The molecule has 2 aliphatic rings. The fraction of sp³-hybridized carbons (Fsp3) is 0.500. The highest BCUT2D eigenvalue weighted by Gasteiger charge is 2.49. The van der Waals surface area contributed by atoms with Crippen molar-refractivity contribution in [3.8, 4) is 10.4 Å². The number of nitrogens with one attached hydrogen (secondary N) is 2. The number of benzene rings is 1. The minimum Gasteiger partial charge on any atom is -0.350 e. The van der Waals surface area contributed by atoms with Crippen LogP contribution in [0.2, 0.25) is 0 Å². The van der Waals surface area contributed by atoms with E-state index in [1.807, 2.05) is 50.2 Å². The molecule has 3 heterocycles. The van der Waals surface area contributed by atoms with Gasteiger partial charge in [-0.25, -0.2) is 18.7 Å². The van der Waals surface area contributed by atoms with Crippen LogP contribution < -0.4 is 10.8 Å². The van der Waals surface area contributed by atoms with Crippen molar-refractivity contribution in [1.29, 1.82) is 0 Å². The van der Waals surface area contributed by atoms with Gasteiger partial charge in [0.25, 0.3) is 0 Å². The topological polar surface area (TPSA) is 111 Å². The van der Waals surface area contributed by atoms with Crippen LogP contribution in [0, 0.1) is 0 Å². The molecule has 206 valence electrons. The molecular weight excluding hydrogens is 524 g/mol. The smallest absolute Gasteiger partial charge is 0.245 e. The summed E-state index contributed by atoms with van der Waals surface area (Å²) in [6.07, 6.45) is 6.91. The Morgan fingerprint density at radius 3 is 2.61 bits per heavy atom. The van der Waals surface area contributed by atoms with Gasteiger partial charge < -0.3 is 10.1 Å². The van der Waals surface area contributed by atoms with E-state index in [0.717, 1.165) is 35.3 Å². The van der Waals surface area contributed by atoms with Crippen LogP contribution in [0.1, 0.15) is 69.2 Å². The molecule has 2 aromatic rings. The lowest BCUT2D eigenvalue weighted by molar-refractivity contribution is -0.200. The lowest BCUT2D eigenvalue weighted by Gasteiger charge is -2.35. The van der Waals surface area contributed by atoms with Crippen LogP contribution in [0.15, 0.2) is 42.5 Å². The second-order valence-corrected chi connectivity index (χ2v) is 13.7. The van der Waals surface area contributed by atoms with E-state index in [1.54, 1.807) is 6.08 Å². The highest BCUT2D eigenvalue weighted by Crippen LogP contribution is 2.47. The Hall–Kier alpha value is -2.53. The summed E-state index contributed by atoms with van der Waals surface area (Å²) in [5.41, 5.74) is 4.27. The quantitative estimate of drug-likeness (QED) is 0.339. The Bertz CT molecular complexity index is 1250. The molecule has 0 spiro atoms. The van der Waals surface area contributed by atoms with E-state index in [9.17, 15) is 18.0 Å². The maximum atomic E-state index is 13.5. The number of hydroxylamine groups is 1. The second-order valence-electron chi connectivity index (χ2n) is 10.2. The third-order valence-electron chi connectivity index (χ3n) is 6.84. The minimum absolute atomic E-state index is 0.0610. The van der Waals surface area contributed by atoms with Gasteiger partial charge in [0.15, 0.2) is 16.1 Å². The standard InChI is InChI=1S/C28H36N2O6S2/c1-20(2)29-25(31)15-10-21-8-11-22(12-9-21)23-13-14-24(37-23)28(16-4-6-18-38(28,33)34)19-26(32)30-36-27-7-3-5-17-35-27/h8-15,20,27H,3-7,16-19H2,1-2H3,(H,29,31)(H,30,32)/t27?,28-/m0/s1. The molecule has 2 amide bonds.